The molecule has 4 heteroatoms. The Kier molecular flexibility index (Phi) is 6.02. The van der Waals surface area contributed by atoms with Gasteiger partial charge in [-0.25, -0.2) is 0 Å². The van der Waals surface area contributed by atoms with Crippen LogP contribution in [0.4, 0.5) is 0 Å². The lowest BCUT2D eigenvalue weighted by atomic mass is 9.86. The molecule has 1 unspecified atom stereocenters. The highest BCUT2D eigenvalue weighted by atomic mass is 16.5. The number of likely N-dealkylation sites (N-methyl/N-ethyl adjacent to an activating group) is 1. The monoisotopic (exact) mass is 279 g/mol. The van der Waals surface area contributed by atoms with Crippen molar-refractivity contribution in [2.24, 2.45) is 0 Å². The van der Waals surface area contributed by atoms with Crippen LogP contribution in [0.3, 0.4) is 0 Å². The van der Waals surface area contributed by atoms with Gasteiger partial charge < -0.3 is 15.2 Å². The molecule has 0 aliphatic rings. The summed E-state index contributed by atoms with van der Waals surface area (Å²) < 4.78 is 5.79. The van der Waals surface area contributed by atoms with Crippen LogP contribution in [0, 0.1) is 0 Å². The summed E-state index contributed by atoms with van der Waals surface area (Å²) in [5, 5.41) is 12.0. The Morgan fingerprint density at radius 1 is 1.35 bits per heavy atom. The first kappa shape index (κ1) is 16.5. The zero-order valence-electron chi connectivity index (χ0n) is 12.8. The lowest BCUT2D eigenvalue weighted by Gasteiger charge is -2.23. The van der Waals surface area contributed by atoms with E-state index in [9.17, 15) is 4.79 Å². The van der Waals surface area contributed by atoms with Gasteiger partial charge in [-0.05, 0) is 23.6 Å². The topological polar surface area (TPSA) is 58.6 Å². The number of carboxylic acids is 1. The predicted octanol–water partition coefficient (Wildman–Crippen LogP) is 2.82. The molecule has 2 N–H and O–H groups in total. The van der Waals surface area contributed by atoms with Gasteiger partial charge in [0, 0.05) is 6.42 Å². The highest BCUT2D eigenvalue weighted by molar-refractivity contribution is 5.73. The van der Waals surface area contributed by atoms with Gasteiger partial charge in [-0.15, -0.1) is 0 Å². The van der Waals surface area contributed by atoms with Crippen LogP contribution in [0.1, 0.15) is 39.7 Å². The van der Waals surface area contributed by atoms with Crippen molar-refractivity contribution in [1.29, 1.82) is 0 Å². The summed E-state index contributed by atoms with van der Waals surface area (Å²) in [6.45, 7) is 9.31. The molecule has 0 aliphatic heterocycles. The van der Waals surface area contributed by atoms with Crippen LogP contribution in [0.5, 0.6) is 5.75 Å². The van der Waals surface area contributed by atoms with Gasteiger partial charge in [0.05, 0.1) is 6.61 Å². The first-order valence-corrected chi connectivity index (χ1v) is 7.04. The summed E-state index contributed by atoms with van der Waals surface area (Å²) in [6.07, 6.45) is 0.446. The predicted molar refractivity (Wildman–Crippen MR) is 80.4 cm³/mol. The first-order valence-electron chi connectivity index (χ1n) is 7.04. The maximum atomic E-state index is 11.0. The Morgan fingerprint density at radius 3 is 2.55 bits per heavy atom. The number of rotatable bonds is 7. The Bertz CT molecular complexity index is 438. The molecule has 0 fully saturated rings. The van der Waals surface area contributed by atoms with E-state index in [0.29, 0.717) is 19.6 Å². The fraction of sp³-hybridized carbons (Fsp3) is 0.562. The van der Waals surface area contributed by atoms with Crippen molar-refractivity contribution in [2.45, 2.75) is 45.6 Å². The highest BCUT2D eigenvalue weighted by Crippen LogP contribution is 2.30. The summed E-state index contributed by atoms with van der Waals surface area (Å²) >= 11 is 0. The summed E-state index contributed by atoms with van der Waals surface area (Å²) in [5.41, 5.74) is 1.14. The van der Waals surface area contributed by atoms with Crippen molar-refractivity contribution in [1.82, 2.24) is 5.32 Å². The largest absolute Gasteiger partial charge is 0.493 e. The van der Waals surface area contributed by atoms with Gasteiger partial charge in [0.2, 0.25) is 0 Å². The number of aliphatic carboxylic acids is 1. The number of hydrogen-bond acceptors (Lipinski definition) is 3. The van der Waals surface area contributed by atoms with Gasteiger partial charge >= 0.3 is 5.97 Å². The second kappa shape index (κ2) is 7.29. The Labute approximate surface area is 121 Å². The molecule has 1 aromatic rings. The molecule has 20 heavy (non-hydrogen) atoms. The number of benzene rings is 1. The van der Waals surface area contributed by atoms with E-state index >= 15 is 0 Å². The number of nitrogens with one attached hydrogen (secondary N) is 1. The maximum Gasteiger partial charge on any atom is 0.320 e. The average molecular weight is 279 g/mol. The third-order valence-electron chi connectivity index (χ3n) is 3.11. The second-order valence-corrected chi connectivity index (χ2v) is 5.83. The van der Waals surface area contributed by atoms with Crippen LogP contribution in [0.15, 0.2) is 24.3 Å². The molecular weight excluding hydrogens is 254 g/mol. The number of carboxylic acid groups (broad SMARTS) is 1. The van der Waals surface area contributed by atoms with E-state index in [1.54, 1.807) is 0 Å². The molecule has 0 aliphatic carbocycles. The first-order chi connectivity index (χ1) is 9.36. The number of hydrogen-bond donors (Lipinski definition) is 2. The number of carbonyl (C=O) groups is 1. The van der Waals surface area contributed by atoms with Gasteiger partial charge in [-0.3, -0.25) is 4.79 Å². The normalized spacial score (nSPS) is 13.0. The Morgan fingerprint density at radius 2 is 2.00 bits per heavy atom. The van der Waals surface area contributed by atoms with E-state index in [4.69, 9.17) is 9.84 Å². The fourth-order valence-corrected chi connectivity index (χ4v) is 2.06. The quantitative estimate of drug-likeness (QED) is 0.806. The van der Waals surface area contributed by atoms with E-state index in [2.05, 4.69) is 26.1 Å². The third-order valence-corrected chi connectivity index (χ3v) is 3.11. The van der Waals surface area contributed by atoms with E-state index in [1.807, 2.05) is 31.2 Å². The standard InChI is InChI=1S/C16H25NO3/c1-5-17-13(15(18)19)10-11-20-14-9-7-6-8-12(14)16(2,3)4/h6-9,13,17H,5,10-11H2,1-4H3,(H,18,19). The molecule has 0 radical (unpaired) electrons. The molecule has 0 spiro atoms. The molecule has 0 saturated heterocycles. The van der Waals surface area contributed by atoms with Crippen molar-refractivity contribution in [3.63, 3.8) is 0 Å². The Balaban J connectivity index is 2.64. The van der Waals surface area contributed by atoms with E-state index in [0.717, 1.165) is 11.3 Å². The molecule has 112 valence electrons. The van der Waals surface area contributed by atoms with Gasteiger partial charge in [0.25, 0.3) is 0 Å². The van der Waals surface area contributed by atoms with Crippen LogP contribution in [0.2, 0.25) is 0 Å². The SMILES string of the molecule is CCNC(CCOc1ccccc1C(C)(C)C)C(=O)O. The van der Waals surface area contributed by atoms with E-state index in [1.165, 1.54) is 0 Å². The molecule has 1 atom stereocenters. The minimum atomic E-state index is -0.834. The zero-order valence-corrected chi connectivity index (χ0v) is 12.8. The van der Waals surface area contributed by atoms with Crippen LogP contribution in [-0.4, -0.2) is 30.3 Å². The van der Waals surface area contributed by atoms with Crippen LogP contribution in [-0.2, 0) is 10.2 Å². The van der Waals surface area contributed by atoms with Crippen molar-refractivity contribution in [3.05, 3.63) is 29.8 Å². The Hall–Kier alpha value is -1.55. The minimum absolute atomic E-state index is 0.00443. The molecule has 0 heterocycles. The lowest BCUT2D eigenvalue weighted by Crippen LogP contribution is -2.37. The number of para-hydroxylation sites is 1. The van der Waals surface area contributed by atoms with Crippen molar-refractivity contribution < 1.29 is 14.6 Å². The minimum Gasteiger partial charge on any atom is -0.493 e. The van der Waals surface area contributed by atoms with Gasteiger partial charge in [-0.1, -0.05) is 45.9 Å². The lowest BCUT2D eigenvalue weighted by molar-refractivity contribution is -0.139. The molecule has 0 amide bonds. The van der Waals surface area contributed by atoms with Gasteiger partial charge in [0.15, 0.2) is 0 Å². The van der Waals surface area contributed by atoms with Gasteiger partial charge in [0.1, 0.15) is 11.8 Å². The molecule has 0 aromatic heterocycles. The molecule has 4 nitrogen and oxygen atoms in total. The molecule has 1 rings (SSSR count). The van der Waals surface area contributed by atoms with Crippen molar-refractivity contribution in [3.8, 4) is 5.75 Å². The van der Waals surface area contributed by atoms with Crippen LogP contribution < -0.4 is 10.1 Å². The summed E-state index contributed by atoms with van der Waals surface area (Å²) in [7, 11) is 0. The van der Waals surface area contributed by atoms with Crippen molar-refractivity contribution >= 4 is 5.97 Å². The number of ether oxygens (including phenoxy) is 1. The second-order valence-electron chi connectivity index (χ2n) is 5.83. The summed E-state index contributed by atoms with van der Waals surface area (Å²) in [5.74, 6) is 0.000179. The van der Waals surface area contributed by atoms with Crippen LogP contribution >= 0.6 is 0 Å². The van der Waals surface area contributed by atoms with Gasteiger partial charge in [-0.2, -0.15) is 0 Å². The third kappa shape index (κ3) is 4.85. The molecule has 1 aromatic carbocycles. The average Bonchev–Trinajstić information content (AvgIpc) is 2.37. The molecule has 0 saturated carbocycles. The zero-order chi connectivity index (χ0) is 15.2. The smallest absolute Gasteiger partial charge is 0.320 e. The maximum absolute atomic E-state index is 11.0. The summed E-state index contributed by atoms with van der Waals surface area (Å²) in [4.78, 5) is 11.0. The molecule has 0 bridgehead atoms. The fourth-order valence-electron chi connectivity index (χ4n) is 2.06. The highest BCUT2D eigenvalue weighted by Gasteiger charge is 2.19. The van der Waals surface area contributed by atoms with Crippen LogP contribution in [0.25, 0.3) is 0 Å². The summed E-state index contributed by atoms with van der Waals surface area (Å²) in [6, 6.07) is 7.36. The van der Waals surface area contributed by atoms with E-state index < -0.39 is 12.0 Å². The van der Waals surface area contributed by atoms with Crippen molar-refractivity contribution in [2.75, 3.05) is 13.2 Å². The molecular formula is C16H25NO3. The van der Waals surface area contributed by atoms with E-state index in [-0.39, 0.29) is 5.41 Å².